The Balaban J connectivity index is 2.11. The van der Waals surface area contributed by atoms with Crippen LogP contribution in [0.1, 0.15) is 44.7 Å². The van der Waals surface area contributed by atoms with Gasteiger partial charge in [-0.1, -0.05) is 32.9 Å². The SMILES string of the molecule is Cc1ccc(C(C)(C)C)c(OCC(O)C2CC2)c1. The summed E-state index contributed by atoms with van der Waals surface area (Å²) in [5, 5.41) is 9.89. The Kier molecular flexibility index (Phi) is 3.67. The van der Waals surface area contributed by atoms with Crippen molar-refractivity contribution < 1.29 is 9.84 Å². The maximum absolute atomic E-state index is 9.89. The number of aryl methyl sites for hydroxylation is 1. The Labute approximate surface area is 110 Å². The molecule has 1 saturated carbocycles. The Bertz CT molecular complexity index is 414. The van der Waals surface area contributed by atoms with Gasteiger partial charge in [-0.15, -0.1) is 0 Å². The average Bonchev–Trinajstić information content (AvgIpc) is 3.07. The van der Waals surface area contributed by atoms with Crippen molar-refractivity contribution in [3.05, 3.63) is 29.3 Å². The Morgan fingerprint density at radius 2 is 2.00 bits per heavy atom. The summed E-state index contributed by atoms with van der Waals surface area (Å²) in [5.41, 5.74) is 2.46. The zero-order valence-corrected chi connectivity index (χ0v) is 11.9. The van der Waals surface area contributed by atoms with E-state index in [1.165, 1.54) is 11.1 Å². The van der Waals surface area contributed by atoms with Crippen LogP contribution in [0.15, 0.2) is 18.2 Å². The molecule has 1 aromatic carbocycles. The molecule has 2 nitrogen and oxygen atoms in total. The van der Waals surface area contributed by atoms with Gasteiger partial charge in [-0.05, 0) is 48.3 Å². The van der Waals surface area contributed by atoms with E-state index in [9.17, 15) is 5.11 Å². The lowest BCUT2D eigenvalue weighted by Crippen LogP contribution is -2.21. The van der Waals surface area contributed by atoms with Gasteiger partial charge in [-0.25, -0.2) is 0 Å². The molecule has 0 amide bonds. The normalized spacial score (nSPS) is 17.6. The van der Waals surface area contributed by atoms with Crippen LogP contribution in [-0.2, 0) is 5.41 Å². The Hall–Kier alpha value is -1.02. The summed E-state index contributed by atoms with van der Waals surface area (Å²) in [6.07, 6.45) is 1.98. The summed E-state index contributed by atoms with van der Waals surface area (Å²) >= 11 is 0. The van der Waals surface area contributed by atoms with Crippen LogP contribution in [0.25, 0.3) is 0 Å². The van der Waals surface area contributed by atoms with Crippen LogP contribution in [-0.4, -0.2) is 17.8 Å². The number of ether oxygens (including phenoxy) is 1. The van der Waals surface area contributed by atoms with Crippen LogP contribution < -0.4 is 4.74 Å². The van der Waals surface area contributed by atoms with Crippen molar-refractivity contribution in [2.75, 3.05) is 6.61 Å². The van der Waals surface area contributed by atoms with Crippen molar-refractivity contribution >= 4 is 0 Å². The fraction of sp³-hybridized carbons (Fsp3) is 0.625. The molecule has 0 saturated heterocycles. The molecule has 0 aliphatic heterocycles. The third kappa shape index (κ3) is 3.26. The molecule has 18 heavy (non-hydrogen) atoms. The topological polar surface area (TPSA) is 29.5 Å². The van der Waals surface area contributed by atoms with Gasteiger partial charge in [-0.2, -0.15) is 0 Å². The molecule has 2 rings (SSSR count). The standard InChI is InChI=1S/C16H24O2/c1-11-5-8-13(16(2,3)4)15(9-11)18-10-14(17)12-6-7-12/h5,8-9,12,14,17H,6-7,10H2,1-4H3. The van der Waals surface area contributed by atoms with Crippen LogP contribution in [0, 0.1) is 12.8 Å². The molecular weight excluding hydrogens is 224 g/mol. The van der Waals surface area contributed by atoms with Gasteiger partial charge in [0.05, 0.1) is 6.10 Å². The van der Waals surface area contributed by atoms with Crippen molar-refractivity contribution in [1.82, 2.24) is 0 Å². The summed E-state index contributed by atoms with van der Waals surface area (Å²) in [6, 6.07) is 6.32. The van der Waals surface area contributed by atoms with E-state index < -0.39 is 0 Å². The summed E-state index contributed by atoms with van der Waals surface area (Å²) in [5.74, 6) is 1.38. The number of aliphatic hydroxyl groups is 1. The minimum Gasteiger partial charge on any atom is -0.491 e. The molecule has 0 aromatic heterocycles. The summed E-state index contributed by atoms with van der Waals surface area (Å²) < 4.78 is 5.86. The van der Waals surface area contributed by atoms with Crippen LogP contribution in [0.4, 0.5) is 0 Å². The summed E-state index contributed by atoms with van der Waals surface area (Å²) in [6.45, 7) is 9.03. The van der Waals surface area contributed by atoms with Gasteiger partial charge in [0.25, 0.3) is 0 Å². The third-order valence-corrected chi connectivity index (χ3v) is 3.52. The number of aliphatic hydroxyl groups excluding tert-OH is 1. The molecule has 2 heteroatoms. The fourth-order valence-electron chi connectivity index (χ4n) is 2.16. The largest absolute Gasteiger partial charge is 0.491 e. The van der Waals surface area contributed by atoms with Gasteiger partial charge < -0.3 is 9.84 Å². The molecular formula is C16H24O2. The maximum atomic E-state index is 9.89. The maximum Gasteiger partial charge on any atom is 0.123 e. The number of rotatable bonds is 4. The van der Waals surface area contributed by atoms with Gasteiger partial charge in [-0.3, -0.25) is 0 Å². The first-order chi connectivity index (χ1) is 8.38. The highest BCUT2D eigenvalue weighted by molar-refractivity contribution is 5.41. The average molecular weight is 248 g/mol. The predicted molar refractivity (Wildman–Crippen MR) is 74.1 cm³/mol. The highest BCUT2D eigenvalue weighted by Gasteiger charge is 2.30. The van der Waals surface area contributed by atoms with E-state index >= 15 is 0 Å². The zero-order valence-electron chi connectivity index (χ0n) is 11.9. The molecule has 1 aliphatic rings. The van der Waals surface area contributed by atoms with Crippen LogP contribution >= 0.6 is 0 Å². The summed E-state index contributed by atoms with van der Waals surface area (Å²) in [7, 11) is 0. The van der Waals surface area contributed by atoms with E-state index in [-0.39, 0.29) is 11.5 Å². The van der Waals surface area contributed by atoms with E-state index in [0.29, 0.717) is 12.5 Å². The monoisotopic (exact) mass is 248 g/mol. The molecule has 1 unspecified atom stereocenters. The molecule has 0 spiro atoms. The second-order valence-corrected chi connectivity index (χ2v) is 6.47. The van der Waals surface area contributed by atoms with Crippen molar-refractivity contribution in [1.29, 1.82) is 0 Å². The molecule has 100 valence electrons. The molecule has 0 bridgehead atoms. The molecule has 1 N–H and O–H groups in total. The predicted octanol–water partition coefficient (Wildman–Crippen LogP) is 3.44. The van der Waals surface area contributed by atoms with Crippen molar-refractivity contribution in [3.8, 4) is 5.75 Å². The number of hydrogen-bond acceptors (Lipinski definition) is 2. The Morgan fingerprint density at radius 1 is 1.33 bits per heavy atom. The molecule has 1 fully saturated rings. The van der Waals surface area contributed by atoms with Gasteiger partial charge >= 0.3 is 0 Å². The van der Waals surface area contributed by atoms with Crippen molar-refractivity contribution in [2.45, 2.75) is 52.1 Å². The van der Waals surface area contributed by atoms with Gasteiger partial charge in [0, 0.05) is 0 Å². The van der Waals surface area contributed by atoms with E-state index in [0.717, 1.165) is 18.6 Å². The van der Waals surface area contributed by atoms with E-state index in [1.54, 1.807) is 0 Å². The fourth-order valence-corrected chi connectivity index (χ4v) is 2.16. The molecule has 0 radical (unpaired) electrons. The van der Waals surface area contributed by atoms with Gasteiger partial charge in [0.15, 0.2) is 0 Å². The minimum atomic E-state index is -0.307. The zero-order chi connectivity index (χ0) is 13.3. The lowest BCUT2D eigenvalue weighted by atomic mass is 9.86. The molecule has 1 atom stereocenters. The van der Waals surface area contributed by atoms with Gasteiger partial charge in [0.2, 0.25) is 0 Å². The van der Waals surface area contributed by atoms with Crippen LogP contribution in [0.3, 0.4) is 0 Å². The van der Waals surface area contributed by atoms with E-state index in [4.69, 9.17) is 4.74 Å². The molecule has 1 aliphatic carbocycles. The van der Waals surface area contributed by atoms with Crippen molar-refractivity contribution in [2.24, 2.45) is 5.92 Å². The third-order valence-electron chi connectivity index (χ3n) is 3.52. The smallest absolute Gasteiger partial charge is 0.123 e. The first kappa shape index (κ1) is 13.4. The summed E-state index contributed by atoms with van der Waals surface area (Å²) in [4.78, 5) is 0. The lowest BCUT2D eigenvalue weighted by molar-refractivity contribution is 0.0884. The van der Waals surface area contributed by atoms with Crippen molar-refractivity contribution in [3.63, 3.8) is 0 Å². The number of benzene rings is 1. The van der Waals surface area contributed by atoms with E-state index in [1.807, 2.05) is 0 Å². The van der Waals surface area contributed by atoms with Gasteiger partial charge in [0.1, 0.15) is 12.4 Å². The molecule has 1 aromatic rings. The first-order valence-electron chi connectivity index (χ1n) is 6.80. The number of hydrogen-bond donors (Lipinski definition) is 1. The van der Waals surface area contributed by atoms with E-state index in [2.05, 4.69) is 45.9 Å². The highest BCUT2D eigenvalue weighted by atomic mass is 16.5. The second-order valence-electron chi connectivity index (χ2n) is 6.47. The van der Waals surface area contributed by atoms with Crippen LogP contribution in [0.2, 0.25) is 0 Å². The first-order valence-corrected chi connectivity index (χ1v) is 6.80. The quantitative estimate of drug-likeness (QED) is 0.884. The second kappa shape index (κ2) is 4.93. The lowest BCUT2D eigenvalue weighted by Gasteiger charge is -2.24. The Morgan fingerprint density at radius 3 is 2.56 bits per heavy atom. The molecule has 0 heterocycles. The minimum absolute atomic E-state index is 0.0631. The van der Waals surface area contributed by atoms with Crippen LogP contribution in [0.5, 0.6) is 5.75 Å². The highest BCUT2D eigenvalue weighted by Crippen LogP contribution is 2.35.